The predicted molar refractivity (Wildman–Crippen MR) is 106 cm³/mol. The fourth-order valence-corrected chi connectivity index (χ4v) is 4.60. The predicted octanol–water partition coefficient (Wildman–Crippen LogP) is 3.75. The van der Waals surface area contributed by atoms with E-state index >= 15 is 0 Å². The van der Waals surface area contributed by atoms with Crippen LogP contribution in [0, 0.1) is 12.3 Å². The highest BCUT2D eigenvalue weighted by atomic mass is 16.2. The van der Waals surface area contributed by atoms with Gasteiger partial charge in [0, 0.05) is 32.2 Å². The van der Waals surface area contributed by atoms with Gasteiger partial charge in [-0.25, -0.2) is 0 Å². The zero-order valence-corrected chi connectivity index (χ0v) is 16.1. The highest BCUT2D eigenvalue weighted by molar-refractivity contribution is 6.01. The van der Waals surface area contributed by atoms with Gasteiger partial charge in [0.2, 0.25) is 5.91 Å². The third kappa shape index (κ3) is 3.14. The number of amides is 2. The molecule has 1 atom stereocenters. The molecule has 2 heterocycles. The molecule has 0 saturated carbocycles. The van der Waals surface area contributed by atoms with Crippen LogP contribution in [0.1, 0.15) is 35.2 Å². The molecule has 4 heteroatoms. The first kappa shape index (κ1) is 17.8. The molecule has 0 unspecified atom stereocenters. The number of likely N-dealkylation sites (tertiary alicyclic amines) is 2. The second kappa shape index (κ2) is 6.84. The molecule has 4 nitrogen and oxygen atoms in total. The fourth-order valence-electron chi connectivity index (χ4n) is 4.60. The molecular weight excluding hydrogens is 336 g/mol. The van der Waals surface area contributed by atoms with E-state index in [0.29, 0.717) is 13.1 Å². The van der Waals surface area contributed by atoms with Crippen molar-refractivity contribution in [2.45, 2.75) is 26.2 Å². The van der Waals surface area contributed by atoms with E-state index in [9.17, 15) is 9.59 Å². The lowest BCUT2D eigenvalue weighted by atomic mass is 9.78. The van der Waals surface area contributed by atoms with E-state index in [1.165, 1.54) is 5.56 Å². The number of rotatable bonds is 2. The summed E-state index contributed by atoms with van der Waals surface area (Å²) in [6.45, 7) is 4.08. The van der Waals surface area contributed by atoms with E-state index in [4.69, 9.17) is 0 Å². The van der Waals surface area contributed by atoms with Gasteiger partial charge in [-0.15, -0.1) is 0 Å². The number of hydrogen-bond donors (Lipinski definition) is 0. The molecule has 140 valence electrons. The average molecular weight is 362 g/mol. The Labute approximate surface area is 160 Å². The largest absolute Gasteiger partial charge is 0.345 e. The molecular formula is C23H26N2O2. The number of hydrogen-bond acceptors (Lipinski definition) is 2. The smallest absolute Gasteiger partial charge is 0.254 e. The minimum atomic E-state index is -0.374. The Morgan fingerprint density at radius 3 is 2.67 bits per heavy atom. The number of aryl methyl sites for hydroxylation is 1. The number of carbonyl (C=O) groups is 2. The maximum atomic E-state index is 13.3. The topological polar surface area (TPSA) is 40.6 Å². The van der Waals surface area contributed by atoms with E-state index < -0.39 is 0 Å². The van der Waals surface area contributed by atoms with Gasteiger partial charge in [-0.1, -0.05) is 48.0 Å². The van der Waals surface area contributed by atoms with Crippen molar-refractivity contribution in [3.8, 4) is 11.1 Å². The summed E-state index contributed by atoms with van der Waals surface area (Å²) in [4.78, 5) is 29.8. The van der Waals surface area contributed by atoms with Crippen LogP contribution in [-0.4, -0.2) is 48.3 Å². The molecule has 2 aliphatic heterocycles. The summed E-state index contributed by atoms with van der Waals surface area (Å²) in [7, 11) is 1.88. The van der Waals surface area contributed by atoms with Crippen LogP contribution < -0.4 is 0 Å². The molecule has 0 aromatic heterocycles. The molecule has 0 bridgehead atoms. The summed E-state index contributed by atoms with van der Waals surface area (Å²) >= 11 is 0. The molecule has 2 fully saturated rings. The van der Waals surface area contributed by atoms with Gasteiger partial charge < -0.3 is 9.80 Å². The summed E-state index contributed by atoms with van der Waals surface area (Å²) < 4.78 is 0. The van der Waals surface area contributed by atoms with Gasteiger partial charge in [-0.3, -0.25) is 9.59 Å². The Morgan fingerprint density at radius 2 is 1.85 bits per heavy atom. The number of piperidine rings is 1. The van der Waals surface area contributed by atoms with E-state index in [-0.39, 0.29) is 17.2 Å². The highest BCUT2D eigenvalue weighted by Crippen LogP contribution is 2.40. The molecule has 2 amide bonds. The number of carbonyl (C=O) groups excluding carboxylic acids is 2. The molecule has 2 saturated heterocycles. The van der Waals surface area contributed by atoms with Crippen molar-refractivity contribution in [2.24, 2.45) is 5.41 Å². The minimum Gasteiger partial charge on any atom is -0.345 e. The van der Waals surface area contributed by atoms with Crippen molar-refractivity contribution in [1.82, 2.24) is 9.80 Å². The van der Waals surface area contributed by atoms with Crippen LogP contribution >= 0.6 is 0 Å². The quantitative estimate of drug-likeness (QED) is 0.816. The van der Waals surface area contributed by atoms with Crippen molar-refractivity contribution in [1.29, 1.82) is 0 Å². The zero-order chi connectivity index (χ0) is 19.0. The van der Waals surface area contributed by atoms with E-state index in [2.05, 4.69) is 19.1 Å². The number of benzene rings is 2. The molecule has 2 aliphatic rings. The van der Waals surface area contributed by atoms with Gasteiger partial charge >= 0.3 is 0 Å². The first-order valence-electron chi connectivity index (χ1n) is 9.71. The lowest BCUT2D eigenvalue weighted by Crippen LogP contribution is -2.48. The van der Waals surface area contributed by atoms with Gasteiger partial charge in [-0.05, 0) is 43.4 Å². The number of nitrogens with zero attached hydrogens (tertiary/aromatic N) is 2. The summed E-state index contributed by atoms with van der Waals surface area (Å²) in [6, 6.07) is 16.0. The third-order valence-corrected chi connectivity index (χ3v) is 6.08. The Balaban J connectivity index is 1.62. The van der Waals surface area contributed by atoms with Gasteiger partial charge in [0.25, 0.3) is 5.91 Å². The van der Waals surface area contributed by atoms with Gasteiger partial charge in [0.15, 0.2) is 0 Å². The molecule has 2 aromatic carbocycles. The van der Waals surface area contributed by atoms with E-state index in [1.807, 2.05) is 53.2 Å². The van der Waals surface area contributed by atoms with Crippen molar-refractivity contribution in [3.63, 3.8) is 0 Å². The third-order valence-electron chi connectivity index (χ3n) is 6.08. The molecule has 4 rings (SSSR count). The van der Waals surface area contributed by atoms with Crippen molar-refractivity contribution in [2.75, 3.05) is 26.7 Å². The van der Waals surface area contributed by atoms with Crippen LogP contribution in [0.15, 0.2) is 48.5 Å². The lowest BCUT2D eigenvalue weighted by molar-refractivity contribution is -0.143. The summed E-state index contributed by atoms with van der Waals surface area (Å²) in [5.74, 6) is 0.237. The maximum absolute atomic E-state index is 13.3. The second-order valence-corrected chi connectivity index (χ2v) is 8.00. The lowest BCUT2D eigenvalue weighted by Gasteiger charge is -2.37. The summed E-state index contributed by atoms with van der Waals surface area (Å²) in [6.07, 6.45) is 2.68. The van der Waals surface area contributed by atoms with Crippen LogP contribution in [0.5, 0.6) is 0 Å². The van der Waals surface area contributed by atoms with E-state index in [1.54, 1.807) is 0 Å². The summed E-state index contributed by atoms with van der Waals surface area (Å²) in [5.41, 5.74) is 3.53. The van der Waals surface area contributed by atoms with Crippen LogP contribution in [0.3, 0.4) is 0 Å². The van der Waals surface area contributed by atoms with Crippen LogP contribution in [0.2, 0.25) is 0 Å². The standard InChI is InChI=1S/C23H26N2O2/c1-17-7-5-8-18(15-17)19-9-3-4-10-20(19)21(26)25-14-12-23(16-25)11-6-13-24(2)22(23)27/h3-5,7-10,15H,6,11-14,16H2,1-2H3/t23-/m1/s1. The van der Waals surface area contributed by atoms with Gasteiger partial charge in [0.05, 0.1) is 5.41 Å². The molecule has 0 radical (unpaired) electrons. The monoisotopic (exact) mass is 362 g/mol. The molecule has 27 heavy (non-hydrogen) atoms. The Bertz CT molecular complexity index is 891. The fraction of sp³-hybridized carbons (Fsp3) is 0.391. The molecule has 1 spiro atoms. The van der Waals surface area contributed by atoms with Crippen molar-refractivity contribution >= 4 is 11.8 Å². The minimum absolute atomic E-state index is 0.0324. The molecule has 0 N–H and O–H groups in total. The van der Waals surface area contributed by atoms with Crippen LogP contribution in [0.4, 0.5) is 0 Å². The zero-order valence-electron chi connectivity index (χ0n) is 16.1. The normalized spacial score (nSPS) is 22.5. The average Bonchev–Trinajstić information content (AvgIpc) is 3.10. The molecule has 0 aliphatic carbocycles. The van der Waals surface area contributed by atoms with Gasteiger partial charge in [0.1, 0.15) is 0 Å². The first-order chi connectivity index (χ1) is 13.0. The van der Waals surface area contributed by atoms with E-state index in [0.717, 1.165) is 42.5 Å². The molecule has 2 aromatic rings. The first-order valence-corrected chi connectivity index (χ1v) is 9.71. The van der Waals surface area contributed by atoms with Gasteiger partial charge in [-0.2, -0.15) is 0 Å². The Hall–Kier alpha value is -2.62. The summed E-state index contributed by atoms with van der Waals surface area (Å²) in [5, 5.41) is 0. The van der Waals surface area contributed by atoms with Crippen molar-refractivity contribution < 1.29 is 9.59 Å². The Kier molecular flexibility index (Phi) is 4.50. The van der Waals surface area contributed by atoms with Crippen LogP contribution in [0.25, 0.3) is 11.1 Å². The van der Waals surface area contributed by atoms with Crippen molar-refractivity contribution in [3.05, 3.63) is 59.7 Å². The highest BCUT2D eigenvalue weighted by Gasteiger charge is 2.48. The van der Waals surface area contributed by atoms with Crippen LogP contribution in [-0.2, 0) is 4.79 Å². The Morgan fingerprint density at radius 1 is 1.04 bits per heavy atom. The second-order valence-electron chi connectivity index (χ2n) is 8.00. The maximum Gasteiger partial charge on any atom is 0.254 e. The SMILES string of the molecule is Cc1cccc(-c2ccccc2C(=O)N2CC[C@]3(CCCN(C)C3=O)C2)c1.